The zero-order valence-electron chi connectivity index (χ0n) is 17.6. The summed E-state index contributed by atoms with van der Waals surface area (Å²) in [5.74, 6) is -0.281. The van der Waals surface area contributed by atoms with Crippen LogP contribution >= 0.6 is 0 Å². The van der Waals surface area contributed by atoms with Crippen LogP contribution in [0.4, 0.5) is 10.6 Å². The molecule has 4 rings (SSSR count). The number of Topliss-reactive ketones (excluding diaryl/α,β-unsaturated/α-hetero) is 1. The van der Waals surface area contributed by atoms with Crippen LogP contribution in [-0.4, -0.2) is 45.9 Å². The molecular weight excluding hydrogens is 432 g/mol. The number of benzene rings is 1. The van der Waals surface area contributed by atoms with Crippen molar-refractivity contribution in [2.45, 2.75) is 43.9 Å². The quantitative estimate of drug-likeness (QED) is 0.601. The highest BCUT2D eigenvalue weighted by Crippen LogP contribution is 2.26. The minimum atomic E-state index is -3.89. The van der Waals surface area contributed by atoms with Crippen molar-refractivity contribution in [2.75, 3.05) is 11.4 Å². The monoisotopic (exact) mass is 456 g/mol. The van der Waals surface area contributed by atoms with Crippen LogP contribution in [0, 0.1) is 12.8 Å². The molecule has 10 heteroatoms. The lowest BCUT2D eigenvalue weighted by Gasteiger charge is -2.23. The number of hydrogen-bond acceptors (Lipinski definition) is 6. The molecule has 0 aliphatic heterocycles. The van der Waals surface area contributed by atoms with Gasteiger partial charge in [0.05, 0.1) is 17.6 Å². The SMILES string of the molecule is Cc1ccc(S(=O)(=O)n2ccc3nc(N(CC(=O)C4CCCCC4)C(=O)O)cnc32)cc1. The van der Waals surface area contributed by atoms with Crippen LogP contribution in [-0.2, 0) is 14.8 Å². The van der Waals surface area contributed by atoms with Crippen LogP contribution in [0.2, 0.25) is 0 Å². The van der Waals surface area contributed by atoms with Gasteiger partial charge in [0, 0.05) is 12.1 Å². The summed E-state index contributed by atoms with van der Waals surface area (Å²) in [7, 11) is -3.89. The van der Waals surface area contributed by atoms with Crippen LogP contribution < -0.4 is 4.90 Å². The molecule has 0 atom stereocenters. The van der Waals surface area contributed by atoms with Gasteiger partial charge < -0.3 is 5.11 Å². The summed E-state index contributed by atoms with van der Waals surface area (Å²) in [6, 6.07) is 7.90. The second-order valence-electron chi connectivity index (χ2n) is 8.04. The third-order valence-electron chi connectivity index (χ3n) is 5.80. The number of carboxylic acid groups (broad SMARTS) is 1. The van der Waals surface area contributed by atoms with Crippen LogP contribution in [0.15, 0.2) is 47.6 Å². The maximum atomic E-state index is 13.0. The van der Waals surface area contributed by atoms with E-state index in [1.54, 1.807) is 12.1 Å². The molecule has 0 radical (unpaired) electrons. The second kappa shape index (κ2) is 8.70. The largest absolute Gasteiger partial charge is 0.465 e. The van der Waals surface area contributed by atoms with Crippen molar-refractivity contribution in [1.29, 1.82) is 0 Å². The van der Waals surface area contributed by atoms with Gasteiger partial charge in [0.15, 0.2) is 17.2 Å². The number of carbonyl (C=O) groups excluding carboxylic acids is 1. The fourth-order valence-electron chi connectivity index (χ4n) is 3.98. The third-order valence-corrected chi connectivity index (χ3v) is 7.48. The zero-order valence-corrected chi connectivity index (χ0v) is 18.5. The van der Waals surface area contributed by atoms with Crippen molar-refractivity contribution in [1.82, 2.24) is 13.9 Å². The van der Waals surface area contributed by atoms with Crippen LogP contribution in [0.25, 0.3) is 11.2 Å². The molecule has 1 aliphatic rings. The number of amides is 1. The molecule has 168 valence electrons. The van der Waals surface area contributed by atoms with E-state index in [2.05, 4.69) is 9.97 Å². The Labute approximate surface area is 185 Å². The summed E-state index contributed by atoms with van der Waals surface area (Å²) in [6.45, 7) is 1.56. The van der Waals surface area contributed by atoms with E-state index in [0.717, 1.165) is 46.5 Å². The predicted octanol–water partition coefficient (Wildman–Crippen LogP) is 3.61. The van der Waals surface area contributed by atoms with Crippen LogP contribution in [0.5, 0.6) is 0 Å². The fourth-order valence-corrected chi connectivity index (χ4v) is 5.28. The Balaban J connectivity index is 1.64. The van der Waals surface area contributed by atoms with Crippen molar-refractivity contribution in [3.63, 3.8) is 0 Å². The number of ketones is 1. The lowest BCUT2D eigenvalue weighted by molar-refractivity contribution is -0.122. The van der Waals surface area contributed by atoms with Gasteiger partial charge in [-0.1, -0.05) is 37.0 Å². The van der Waals surface area contributed by atoms with E-state index in [1.807, 2.05) is 6.92 Å². The van der Waals surface area contributed by atoms with Crippen molar-refractivity contribution < 1.29 is 23.1 Å². The third kappa shape index (κ3) is 4.22. The van der Waals surface area contributed by atoms with E-state index in [0.29, 0.717) is 0 Å². The number of hydrogen-bond donors (Lipinski definition) is 1. The van der Waals surface area contributed by atoms with E-state index in [-0.39, 0.29) is 40.1 Å². The van der Waals surface area contributed by atoms with E-state index < -0.39 is 16.1 Å². The normalized spacial score (nSPS) is 15.0. The molecule has 2 heterocycles. The molecular formula is C22H24N4O5S. The lowest BCUT2D eigenvalue weighted by Crippen LogP contribution is -2.38. The maximum absolute atomic E-state index is 13.0. The number of nitrogens with zero attached hydrogens (tertiary/aromatic N) is 4. The first-order chi connectivity index (χ1) is 15.3. The Bertz CT molecular complexity index is 1260. The Morgan fingerprint density at radius 2 is 1.81 bits per heavy atom. The number of rotatable bonds is 6. The summed E-state index contributed by atoms with van der Waals surface area (Å²) in [6.07, 6.45) is 5.80. The lowest BCUT2D eigenvalue weighted by atomic mass is 9.86. The molecule has 0 unspecified atom stereocenters. The molecule has 1 fully saturated rings. The van der Waals surface area contributed by atoms with Gasteiger partial charge in [0.25, 0.3) is 10.0 Å². The van der Waals surface area contributed by atoms with Gasteiger partial charge in [-0.2, -0.15) is 0 Å². The second-order valence-corrected chi connectivity index (χ2v) is 9.85. The van der Waals surface area contributed by atoms with Crippen LogP contribution in [0.1, 0.15) is 37.7 Å². The number of aryl methyl sites for hydroxylation is 1. The van der Waals surface area contributed by atoms with Crippen molar-refractivity contribution in [3.05, 3.63) is 48.3 Å². The minimum absolute atomic E-state index is 0.0142. The molecule has 32 heavy (non-hydrogen) atoms. The average Bonchev–Trinajstić information content (AvgIpc) is 3.22. The molecule has 1 aliphatic carbocycles. The number of carbonyl (C=O) groups is 2. The van der Waals surface area contributed by atoms with Gasteiger partial charge in [0.2, 0.25) is 0 Å². The van der Waals surface area contributed by atoms with Crippen molar-refractivity contribution in [3.8, 4) is 0 Å². The molecule has 0 bridgehead atoms. The predicted molar refractivity (Wildman–Crippen MR) is 118 cm³/mol. The molecule has 1 amide bonds. The number of aromatic nitrogens is 3. The number of anilines is 1. The zero-order chi connectivity index (χ0) is 22.9. The average molecular weight is 457 g/mol. The summed E-state index contributed by atoms with van der Waals surface area (Å²) in [4.78, 5) is 33.9. The van der Waals surface area contributed by atoms with Gasteiger partial charge in [-0.05, 0) is 38.0 Å². The Morgan fingerprint density at radius 3 is 2.47 bits per heavy atom. The summed E-state index contributed by atoms with van der Waals surface area (Å²) in [5, 5.41) is 9.66. The molecule has 3 aromatic rings. The molecule has 1 aromatic carbocycles. The fraction of sp³-hybridized carbons (Fsp3) is 0.364. The molecule has 0 saturated heterocycles. The highest BCUT2D eigenvalue weighted by molar-refractivity contribution is 7.90. The Morgan fingerprint density at radius 1 is 1.12 bits per heavy atom. The van der Waals surface area contributed by atoms with E-state index in [4.69, 9.17) is 0 Å². The van der Waals surface area contributed by atoms with E-state index >= 15 is 0 Å². The molecule has 0 spiro atoms. The number of fused-ring (bicyclic) bond motifs is 1. The molecule has 1 N–H and O–H groups in total. The Hall–Kier alpha value is -3.27. The summed E-state index contributed by atoms with van der Waals surface area (Å²) in [5.41, 5.74) is 1.23. The first-order valence-corrected chi connectivity index (χ1v) is 11.9. The minimum Gasteiger partial charge on any atom is -0.465 e. The summed E-state index contributed by atoms with van der Waals surface area (Å²) < 4.78 is 27.0. The molecule has 2 aromatic heterocycles. The standard InChI is InChI=1S/C22H24N4O5S/c1-15-7-9-17(10-8-15)32(30,31)26-12-11-18-21(26)23-13-20(24-18)25(22(28)29)14-19(27)16-5-3-2-4-6-16/h7-13,16H,2-6,14H2,1H3,(H,28,29). The van der Waals surface area contributed by atoms with Gasteiger partial charge in [-0.3, -0.25) is 9.69 Å². The maximum Gasteiger partial charge on any atom is 0.413 e. The van der Waals surface area contributed by atoms with Gasteiger partial charge in [0.1, 0.15) is 5.52 Å². The van der Waals surface area contributed by atoms with Gasteiger partial charge >= 0.3 is 6.09 Å². The van der Waals surface area contributed by atoms with Gasteiger partial charge in [-0.15, -0.1) is 0 Å². The highest BCUT2D eigenvalue weighted by atomic mass is 32.2. The first-order valence-electron chi connectivity index (χ1n) is 10.5. The van der Waals surface area contributed by atoms with E-state index in [9.17, 15) is 23.1 Å². The molecule has 1 saturated carbocycles. The smallest absolute Gasteiger partial charge is 0.413 e. The highest BCUT2D eigenvalue weighted by Gasteiger charge is 2.27. The van der Waals surface area contributed by atoms with Crippen molar-refractivity contribution in [2.24, 2.45) is 5.92 Å². The molecule has 9 nitrogen and oxygen atoms in total. The summed E-state index contributed by atoms with van der Waals surface area (Å²) >= 11 is 0. The van der Waals surface area contributed by atoms with Crippen LogP contribution in [0.3, 0.4) is 0 Å². The topological polar surface area (TPSA) is 122 Å². The van der Waals surface area contributed by atoms with Gasteiger partial charge in [-0.25, -0.2) is 27.2 Å². The first kappa shape index (κ1) is 21.9. The Kier molecular flexibility index (Phi) is 5.96. The van der Waals surface area contributed by atoms with E-state index in [1.165, 1.54) is 30.6 Å². The van der Waals surface area contributed by atoms with Crippen molar-refractivity contribution >= 4 is 38.9 Å².